The number of pyridine rings is 1. The van der Waals surface area contributed by atoms with E-state index in [1.165, 1.54) is 19.3 Å². The second kappa shape index (κ2) is 7.98. The maximum atomic E-state index is 13.7. The molecule has 2 unspecified atom stereocenters. The molecule has 1 aromatic heterocycles. The second-order valence-corrected chi connectivity index (χ2v) is 12.4. The Morgan fingerprint density at radius 1 is 1.06 bits per heavy atom. The van der Waals surface area contributed by atoms with Crippen molar-refractivity contribution in [2.45, 2.75) is 49.4 Å². The quantitative estimate of drug-likeness (QED) is 0.437. The third-order valence-corrected chi connectivity index (χ3v) is 9.18. The SMILES string of the molecule is COc1ccc(Cn2c(=O)ccc3c(NC(=O)C45CC6CC(CC(Br)(C6)C4)C5)cccc32)cc1. The van der Waals surface area contributed by atoms with E-state index in [4.69, 9.17) is 4.74 Å². The fraction of sp³-hybridized carbons (Fsp3) is 0.429. The summed E-state index contributed by atoms with van der Waals surface area (Å²) < 4.78 is 7.15. The van der Waals surface area contributed by atoms with Crippen LogP contribution in [-0.4, -0.2) is 21.9 Å². The van der Waals surface area contributed by atoms with Gasteiger partial charge in [-0.25, -0.2) is 0 Å². The number of fused-ring (bicyclic) bond motifs is 1. The maximum absolute atomic E-state index is 13.7. The molecule has 4 bridgehead atoms. The summed E-state index contributed by atoms with van der Waals surface area (Å²) in [5, 5.41) is 4.18. The minimum Gasteiger partial charge on any atom is -0.497 e. The lowest BCUT2D eigenvalue weighted by Gasteiger charge is -2.59. The van der Waals surface area contributed by atoms with Crippen molar-refractivity contribution in [1.82, 2.24) is 4.57 Å². The van der Waals surface area contributed by atoms with Crippen molar-refractivity contribution in [3.05, 3.63) is 70.5 Å². The summed E-state index contributed by atoms with van der Waals surface area (Å²) in [6.07, 6.45) is 6.58. The summed E-state index contributed by atoms with van der Waals surface area (Å²) in [4.78, 5) is 26.5. The monoisotopic (exact) mass is 520 g/mol. The molecule has 4 saturated carbocycles. The van der Waals surface area contributed by atoms with Crippen molar-refractivity contribution in [3.8, 4) is 5.75 Å². The topological polar surface area (TPSA) is 60.3 Å². The van der Waals surface area contributed by atoms with Gasteiger partial charge in [0.1, 0.15) is 5.75 Å². The van der Waals surface area contributed by atoms with E-state index >= 15 is 0 Å². The van der Waals surface area contributed by atoms with Gasteiger partial charge in [-0.05, 0) is 86.3 Å². The molecule has 0 aliphatic heterocycles. The lowest BCUT2D eigenvalue weighted by atomic mass is 9.49. The van der Waals surface area contributed by atoms with E-state index in [-0.39, 0.29) is 21.2 Å². The highest BCUT2D eigenvalue weighted by Gasteiger charge is 2.59. The summed E-state index contributed by atoms with van der Waals surface area (Å²) >= 11 is 4.02. The van der Waals surface area contributed by atoms with Crippen LogP contribution in [0.4, 0.5) is 5.69 Å². The average Bonchev–Trinajstić information content (AvgIpc) is 2.80. The van der Waals surface area contributed by atoms with Crippen molar-refractivity contribution in [3.63, 3.8) is 0 Å². The summed E-state index contributed by atoms with van der Waals surface area (Å²) in [7, 11) is 1.64. The zero-order chi connectivity index (χ0) is 23.5. The van der Waals surface area contributed by atoms with Crippen LogP contribution >= 0.6 is 15.9 Å². The molecule has 1 amide bonds. The Morgan fingerprint density at radius 2 is 1.79 bits per heavy atom. The molecule has 0 spiro atoms. The van der Waals surface area contributed by atoms with E-state index in [2.05, 4.69) is 21.2 Å². The van der Waals surface area contributed by atoms with Gasteiger partial charge in [-0.15, -0.1) is 0 Å². The lowest BCUT2D eigenvalue weighted by Crippen LogP contribution is -2.57. The molecule has 176 valence electrons. The molecule has 0 saturated heterocycles. The minimum atomic E-state index is -0.284. The van der Waals surface area contributed by atoms with Crippen molar-refractivity contribution in [2.75, 3.05) is 12.4 Å². The van der Waals surface area contributed by atoms with Crippen LogP contribution < -0.4 is 15.6 Å². The Bertz CT molecular complexity index is 1320. The van der Waals surface area contributed by atoms with E-state index in [9.17, 15) is 9.59 Å². The highest BCUT2D eigenvalue weighted by Crippen LogP contribution is 2.64. The number of rotatable bonds is 5. The number of alkyl halides is 1. The second-order valence-electron chi connectivity index (χ2n) is 10.7. The summed E-state index contributed by atoms with van der Waals surface area (Å²) in [5.41, 5.74) is 2.27. The predicted octanol–water partition coefficient (Wildman–Crippen LogP) is 5.73. The van der Waals surface area contributed by atoms with Crippen LogP contribution in [0, 0.1) is 17.3 Å². The Hall–Kier alpha value is -2.60. The summed E-state index contributed by atoms with van der Waals surface area (Å²) in [6.45, 7) is 0.455. The maximum Gasteiger partial charge on any atom is 0.251 e. The van der Waals surface area contributed by atoms with E-state index in [1.807, 2.05) is 48.5 Å². The van der Waals surface area contributed by atoms with E-state index in [0.29, 0.717) is 18.4 Å². The molecule has 4 aliphatic carbocycles. The van der Waals surface area contributed by atoms with Crippen LogP contribution in [0.15, 0.2) is 59.4 Å². The Morgan fingerprint density at radius 3 is 2.47 bits per heavy atom. The number of nitrogens with zero attached hydrogens (tertiary/aromatic N) is 1. The van der Waals surface area contributed by atoms with Crippen LogP contribution in [0.2, 0.25) is 0 Å². The van der Waals surface area contributed by atoms with Crippen LogP contribution in [0.5, 0.6) is 5.75 Å². The summed E-state index contributed by atoms with van der Waals surface area (Å²) in [5.74, 6) is 2.22. The zero-order valence-corrected chi connectivity index (χ0v) is 20.9. The number of methoxy groups -OCH3 is 1. The van der Waals surface area contributed by atoms with Gasteiger partial charge in [0, 0.05) is 15.8 Å². The van der Waals surface area contributed by atoms with Gasteiger partial charge in [0.15, 0.2) is 0 Å². The van der Waals surface area contributed by atoms with Crippen LogP contribution in [-0.2, 0) is 11.3 Å². The molecule has 7 rings (SSSR count). The molecule has 5 nitrogen and oxygen atoms in total. The minimum absolute atomic E-state index is 0.0610. The molecule has 4 aliphatic rings. The first kappa shape index (κ1) is 21.9. The molecule has 34 heavy (non-hydrogen) atoms. The van der Waals surface area contributed by atoms with Crippen LogP contribution in [0.25, 0.3) is 10.9 Å². The first-order valence-electron chi connectivity index (χ1n) is 12.1. The summed E-state index contributed by atoms with van der Waals surface area (Å²) in [6, 6.07) is 17.0. The number of carbonyl (C=O) groups is 1. The molecule has 4 fully saturated rings. The van der Waals surface area contributed by atoms with Gasteiger partial charge >= 0.3 is 0 Å². The fourth-order valence-electron chi connectivity index (χ4n) is 7.18. The van der Waals surface area contributed by atoms with Gasteiger partial charge in [0.25, 0.3) is 5.56 Å². The third-order valence-electron chi connectivity index (χ3n) is 8.25. The fourth-order valence-corrected chi connectivity index (χ4v) is 8.64. The van der Waals surface area contributed by atoms with E-state index < -0.39 is 0 Å². The number of hydrogen-bond donors (Lipinski definition) is 1. The molecule has 1 heterocycles. The Labute approximate surface area is 207 Å². The first-order chi connectivity index (χ1) is 16.4. The van der Waals surface area contributed by atoms with E-state index in [1.54, 1.807) is 17.7 Å². The van der Waals surface area contributed by atoms with Crippen molar-refractivity contribution in [1.29, 1.82) is 0 Å². The van der Waals surface area contributed by atoms with E-state index in [0.717, 1.165) is 47.2 Å². The van der Waals surface area contributed by atoms with Gasteiger partial charge < -0.3 is 14.6 Å². The molecular formula is C28H29BrN2O3. The number of anilines is 1. The molecule has 2 atom stereocenters. The number of amides is 1. The largest absolute Gasteiger partial charge is 0.497 e. The van der Waals surface area contributed by atoms with Gasteiger partial charge in [0.05, 0.1) is 30.3 Å². The number of aromatic nitrogens is 1. The van der Waals surface area contributed by atoms with Gasteiger partial charge in [-0.2, -0.15) is 0 Å². The smallest absolute Gasteiger partial charge is 0.251 e. The first-order valence-corrected chi connectivity index (χ1v) is 12.9. The van der Waals surface area contributed by atoms with Gasteiger partial charge in [-0.1, -0.05) is 34.1 Å². The van der Waals surface area contributed by atoms with Crippen molar-refractivity contribution in [2.24, 2.45) is 17.3 Å². The highest BCUT2D eigenvalue weighted by molar-refractivity contribution is 9.10. The van der Waals surface area contributed by atoms with Gasteiger partial charge in [-0.3, -0.25) is 9.59 Å². The molecule has 1 N–H and O–H groups in total. The zero-order valence-electron chi connectivity index (χ0n) is 19.4. The molecule has 6 heteroatoms. The molecule has 3 aromatic rings. The Balaban J connectivity index is 1.32. The Kier molecular flexibility index (Phi) is 5.14. The van der Waals surface area contributed by atoms with Crippen molar-refractivity contribution < 1.29 is 9.53 Å². The number of halogens is 1. The van der Waals surface area contributed by atoms with Crippen LogP contribution in [0.3, 0.4) is 0 Å². The standard InChI is InChI=1S/C28H29BrN2O3/c1-34-21-7-5-18(6-8-21)16-31-24-4-2-3-23(22(24)9-10-25(31)32)30-26(33)27-12-19-11-20(13-27)15-28(29,14-19)17-27/h2-10,19-20H,11-17H2,1H3,(H,30,33). The molecule has 0 radical (unpaired) electrons. The number of ether oxygens (including phenoxy) is 1. The number of benzene rings is 2. The van der Waals surface area contributed by atoms with Gasteiger partial charge in [0.2, 0.25) is 5.91 Å². The molecule has 2 aromatic carbocycles. The average molecular weight is 521 g/mol. The number of nitrogens with one attached hydrogen (secondary N) is 1. The number of hydrogen-bond acceptors (Lipinski definition) is 3. The lowest BCUT2D eigenvalue weighted by molar-refractivity contribution is -0.138. The highest BCUT2D eigenvalue weighted by atomic mass is 79.9. The number of carbonyl (C=O) groups excluding carboxylic acids is 1. The third kappa shape index (κ3) is 3.67. The predicted molar refractivity (Wildman–Crippen MR) is 138 cm³/mol. The van der Waals surface area contributed by atoms with Crippen LogP contribution in [0.1, 0.15) is 44.1 Å². The van der Waals surface area contributed by atoms with Crippen molar-refractivity contribution >= 4 is 38.4 Å². The normalized spacial score (nSPS) is 29.4. The molecular weight excluding hydrogens is 492 g/mol.